The van der Waals surface area contributed by atoms with Crippen molar-refractivity contribution in [2.24, 2.45) is 0 Å². The highest BCUT2D eigenvalue weighted by atomic mass is 16.6. The highest BCUT2D eigenvalue weighted by Gasteiger charge is 2.18. The summed E-state index contributed by atoms with van der Waals surface area (Å²) in [7, 11) is 0. The molecule has 0 saturated carbocycles. The molecule has 2 aromatic heterocycles. The first-order valence-corrected chi connectivity index (χ1v) is 7.97. The molecule has 136 valence electrons. The number of rotatable bonds is 5. The Morgan fingerprint density at radius 2 is 1.92 bits per heavy atom. The molecule has 0 aliphatic heterocycles. The quantitative estimate of drug-likeness (QED) is 0.844. The van der Waals surface area contributed by atoms with Crippen LogP contribution in [0, 0.1) is 13.8 Å². The van der Waals surface area contributed by atoms with E-state index in [2.05, 4.69) is 20.4 Å². The van der Waals surface area contributed by atoms with Gasteiger partial charge in [0.2, 0.25) is 0 Å². The molecule has 2 aromatic rings. The van der Waals surface area contributed by atoms with E-state index in [-0.39, 0.29) is 13.0 Å². The predicted octanol–water partition coefficient (Wildman–Crippen LogP) is 1.78. The Hall–Kier alpha value is -2.71. The van der Waals surface area contributed by atoms with Crippen LogP contribution in [0.4, 0.5) is 4.79 Å². The minimum absolute atomic E-state index is 0.0244. The van der Waals surface area contributed by atoms with Crippen LogP contribution in [-0.2, 0) is 22.5 Å². The number of nitrogens with zero attached hydrogens (tertiary/aromatic N) is 4. The van der Waals surface area contributed by atoms with Gasteiger partial charge in [-0.3, -0.25) is 4.79 Å². The molecular weight excluding hydrogens is 326 g/mol. The Morgan fingerprint density at radius 1 is 1.24 bits per heavy atom. The van der Waals surface area contributed by atoms with Crippen molar-refractivity contribution in [3.8, 4) is 0 Å². The minimum Gasteiger partial charge on any atom is -0.481 e. The van der Waals surface area contributed by atoms with Gasteiger partial charge in [-0.25, -0.2) is 14.3 Å². The highest BCUT2D eigenvalue weighted by molar-refractivity contribution is 5.67. The molecule has 9 nitrogen and oxygen atoms in total. The summed E-state index contributed by atoms with van der Waals surface area (Å²) in [4.78, 5) is 31.2. The average Bonchev–Trinajstić information content (AvgIpc) is 2.86. The SMILES string of the molecule is Cc1nc2nc(CNC(=O)OC(C)(C)C)nn2c(C)c1CCC(=O)O. The number of aryl methyl sites for hydroxylation is 2. The van der Waals surface area contributed by atoms with Gasteiger partial charge in [-0.1, -0.05) is 0 Å². The van der Waals surface area contributed by atoms with Crippen LogP contribution in [0.2, 0.25) is 0 Å². The second kappa shape index (κ2) is 7.04. The molecule has 0 spiro atoms. The van der Waals surface area contributed by atoms with Gasteiger partial charge in [0.1, 0.15) is 5.60 Å². The van der Waals surface area contributed by atoms with E-state index >= 15 is 0 Å². The number of hydrogen-bond acceptors (Lipinski definition) is 6. The van der Waals surface area contributed by atoms with Crippen LogP contribution in [0.5, 0.6) is 0 Å². The standard InChI is InChI=1S/C16H23N5O4/c1-9-11(6-7-13(22)23)10(2)21-14(18-9)19-12(20-21)8-17-15(24)25-16(3,4)5/h6-8H2,1-5H3,(H,17,24)(H,22,23). The van der Waals surface area contributed by atoms with Crippen LogP contribution in [0.1, 0.15) is 50.0 Å². The summed E-state index contributed by atoms with van der Waals surface area (Å²) >= 11 is 0. The molecule has 2 N–H and O–H groups in total. The molecule has 0 unspecified atom stereocenters. The lowest BCUT2D eigenvalue weighted by molar-refractivity contribution is -0.136. The largest absolute Gasteiger partial charge is 0.481 e. The lowest BCUT2D eigenvalue weighted by Gasteiger charge is -2.19. The summed E-state index contributed by atoms with van der Waals surface area (Å²) in [6, 6.07) is 0. The van der Waals surface area contributed by atoms with Gasteiger partial charge in [0.05, 0.1) is 6.54 Å². The van der Waals surface area contributed by atoms with Crippen LogP contribution in [0.15, 0.2) is 0 Å². The first-order valence-electron chi connectivity index (χ1n) is 7.97. The van der Waals surface area contributed by atoms with Crippen molar-refractivity contribution in [2.75, 3.05) is 0 Å². The Kier molecular flexibility index (Phi) is 5.24. The van der Waals surface area contributed by atoms with Crippen molar-refractivity contribution in [1.29, 1.82) is 0 Å². The van der Waals surface area contributed by atoms with E-state index in [0.717, 1.165) is 17.0 Å². The lowest BCUT2D eigenvalue weighted by atomic mass is 10.1. The van der Waals surface area contributed by atoms with Gasteiger partial charge < -0.3 is 15.2 Å². The Balaban J connectivity index is 2.17. The molecule has 9 heteroatoms. The fourth-order valence-corrected chi connectivity index (χ4v) is 2.38. The summed E-state index contributed by atoms with van der Waals surface area (Å²) < 4.78 is 6.73. The van der Waals surface area contributed by atoms with Crippen LogP contribution in [0.25, 0.3) is 5.78 Å². The van der Waals surface area contributed by atoms with Crippen molar-refractivity contribution in [3.63, 3.8) is 0 Å². The maximum Gasteiger partial charge on any atom is 0.408 e. The highest BCUT2D eigenvalue weighted by Crippen LogP contribution is 2.15. The van der Waals surface area contributed by atoms with E-state index < -0.39 is 17.7 Å². The molecule has 0 fully saturated rings. The van der Waals surface area contributed by atoms with Crippen molar-refractivity contribution >= 4 is 17.8 Å². The van der Waals surface area contributed by atoms with Gasteiger partial charge in [0.25, 0.3) is 5.78 Å². The normalized spacial score (nSPS) is 11.6. The van der Waals surface area contributed by atoms with E-state index in [9.17, 15) is 9.59 Å². The number of fused-ring (bicyclic) bond motifs is 1. The zero-order chi connectivity index (χ0) is 18.8. The van der Waals surface area contributed by atoms with Crippen LogP contribution >= 0.6 is 0 Å². The molecular formula is C16H23N5O4. The molecule has 0 saturated heterocycles. The van der Waals surface area contributed by atoms with Crippen LogP contribution in [-0.4, -0.2) is 42.4 Å². The number of nitrogens with one attached hydrogen (secondary N) is 1. The zero-order valence-electron chi connectivity index (χ0n) is 15.1. The molecule has 2 heterocycles. The minimum atomic E-state index is -0.861. The smallest absolute Gasteiger partial charge is 0.408 e. The van der Waals surface area contributed by atoms with Crippen LogP contribution in [0.3, 0.4) is 0 Å². The number of amides is 1. The maximum atomic E-state index is 11.7. The van der Waals surface area contributed by atoms with Crippen molar-refractivity contribution in [2.45, 2.75) is 59.6 Å². The number of aromatic nitrogens is 4. The summed E-state index contributed by atoms with van der Waals surface area (Å²) in [6.45, 7) is 9.12. The third-order valence-corrected chi connectivity index (χ3v) is 3.47. The van der Waals surface area contributed by atoms with Gasteiger partial charge in [-0.05, 0) is 46.6 Å². The molecule has 1 amide bonds. The number of alkyl carbamates (subject to hydrolysis) is 1. The zero-order valence-corrected chi connectivity index (χ0v) is 15.1. The Bertz CT molecular complexity index is 807. The van der Waals surface area contributed by atoms with Gasteiger partial charge in [-0.2, -0.15) is 4.98 Å². The Morgan fingerprint density at radius 3 is 2.52 bits per heavy atom. The topological polar surface area (TPSA) is 119 Å². The fourth-order valence-electron chi connectivity index (χ4n) is 2.38. The van der Waals surface area contributed by atoms with Crippen molar-refractivity contribution in [3.05, 3.63) is 22.8 Å². The van der Waals surface area contributed by atoms with E-state index in [0.29, 0.717) is 18.0 Å². The summed E-state index contributed by atoms with van der Waals surface area (Å²) in [5.41, 5.74) is 1.78. The molecule has 2 rings (SSSR count). The second-order valence-electron chi connectivity index (χ2n) is 6.75. The molecule has 0 bridgehead atoms. The monoisotopic (exact) mass is 349 g/mol. The van der Waals surface area contributed by atoms with E-state index in [1.54, 1.807) is 25.3 Å². The van der Waals surface area contributed by atoms with Gasteiger partial charge in [0.15, 0.2) is 5.82 Å². The third-order valence-electron chi connectivity index (χ3n) is 3.47. The fraction of sp³-hybridized carbons (Fsp3) is 0.562. The number of ether oxygens (including phenoxy) is 1. The molecule has 0 atom stereocenters. The average molecular weight is 349 g/mol. The van der Waals surface area contributed by atoms with Crippen molar-refractivity contribution < 1.29 is 19.4 Å². The summed E-state index contributed by atoms with van der Waals surface area (Å²) in [5.74, 6) is -0.0500. The van der Waals surface area contributed by atoms with E-state index in [1.165, 1.54) is 0 Å². The maximum absolute atomic E-state index is 11.7. The second-order valence-corrected chi connectivity index (χ2v) is 6.75. The third kappa shape index (κ3) is 4.88. The molecule has 25 heavy (non-hydrogen) atoms. The van der Waals surface area contributed by atoms with Gasteiger partial charge in [0, 0.05) is 17.8 Å². The molecule has 0 aliphatic carbocycles. The number of aliphatic carboxylic acids is 1. The predicted molar refractivity (Wildman–Crippen MR) is 89.3 cm³/mol. The molecule has 0 aliphatic rings. The van der Waals surface area contributed by atoms with E-state index in [1.807, 2.05) is 13.8 Å². The van der Waals surface area contributed by atoms with Gasteiger partial charge in [-0.15, -0.1) is 5.10 Å². The number of carboxylic acids is 1. The summed E-state index contributed by atoms with van der Waals surface area (Å²) in [5, 5.41) is 15.8. The van der Waals surface area contributed by atoms with Crippen molar-refractivity contribution in [1.82, 2.24) is 24.9 Å². The van der Waals surface area contributed by atoms with Crippen LogP contribution < -0.4 is 5.32 Å². The Labute approximate surface area is 145 Å². The molecule has 0 aromatic carbocycles. The molecule has 0 radical (unpaired) electrons. The number of carboxylic acid groups (broad SMARTS) is 1. The number of carbonyl (C=O) groups is 2. The first kappa shape index (κ1) is 18.6. The van der Waals surface area contributed by atoms with Gasteiger partial charge >= 0.3 is 12.1 Å². The number of hydrogen-bond donors (Lipinski definition) is 2. The van der Waals surface area contributed by atoms with E-state index in [4.69, 9.17) is 9.84 Å². The summed E-state index contributed by atoms with van der Waals surface area (Å²) in [6.07, 6.45) is -0.146. The lowest BCUT2D eigenvalue weighted by Crippen LogP contribution is -2.32. The number of carbonyl (C=O) groups excluding carboxylic acids is 1. The first-order chi connectivity index (χ1) is 11.6.